The van der Waals surface area contributed by atoms with Gasteiger partial charge in [0.2, 0.25) is 0 Å². The number of nitrogens with zero attached hydrogens (tertiary/aromatic N) is 2. The number of nitrogens with one attached hydrogen (secondary N) is 1. The number of benzene rings is 2. The first-order valence-electron chi connectivity index (χ1n) is 8.12. The van der Waals surface area contributed by atoms with Gasteiger partial charge in [0.05, 0.1) is 30.6 Å². The van der Waals surface area contributed by atoms with E-state index < -0.39 is 0 Å². The molecule has 130 valence electrons. The van der Waals surface area contributed by atoms with Crippen LogP contribution in [0.25, 0.3) is 0 Å². The van der Waals surface area contributed by atoms with Gasteiger partial charge in [-0.15, -0.1) is 0 Å². The molecule has 0 spiro atoms. The molecule has 2 rings (SSSR count). The second-order valence-electron chi connectivity index (χ2n) is 5.58. The van der Waals surface area contributed by atoms with Crippen molar-refractivity contribution in [3.8, 4) is 6.07 Å². The average Bonchev–Trinajstić information content (AvgIpc) is 2.68. The smallest absolute Gasteiger partial charge is 0.0991 e. The molecule has 0 aliphatic carbocycles. The maximum atomic E-state index is 8.86. The van der Waals surface area contributed by atoms with E-state index in [9.17, 15) is 0 Å². The summed E-state index contributed by atoms with van der Waals surface area (Å²) in [5.41, 5.74) is 3.75. The van der Waals surface area contributed by atoms with Crippen LogP contribution in [0.4, 0.5) is 5.69 Å². The van der Waals surface area contributed by atoms with Gasteiger partial charge in [0, 0.05) is 44.1 Å². The molecule has 0 aliphatic heterocycles. The Labute approximate surface area is 148 Å². The molecule has 5 heteroatoms. The Kier molecular flexibility index (Phi) is 7.15. The fraction of sp³-hybridized carbons (Fsp3) is 0.300. The number of hydrogen-bond acceptors (Lipinski definition) is 5. The van der Waals surface area contributed by atoms with E-state index in [0.29, 0.717) is 24.5 Å². The van der Waals surface area contributed by atoms with Crippen LogP contribution < -0.4 is 4.90 Å². The summed E-state index contributed by atoms with van der Waals surface area (Å²) in [6, 6.07) is 17.1. The van der Waals surface area contributed by atoms with Crippen molar-refractivity contribution >= 4 is 11.4 Å². The molecule has 5 nitrogen and oxygen atoms in total. The highest BCUT2D eigenvalue weighted by Crippen LogP contribution is 2.18. The van der Waals surface area contributed by atoms with Gasteiger partial charge in [0.15, 0.2) is 0 Å². The van der Waals surface area contributed by atoms with Gasteiger partial charge in [-0.05, 0) is 24.3 Å². The summed E-state index contributed by atoms with van der Waals surface area (Å²) in [5, 5.41) is 17.2. The minimum atomic E-state index is 0.441. The van der Waals surface area contributed by atoms with Crippen LogP contribution in [0.2, 0.25) is 0 Å². The summed E-state index contributed by atoms with van der Waals surface area (Å²) >= 11 is 0. The fourth-order valence-electron chi connectivity index (χ4n) is 2.49. The summed E-state index contributed by atoms with van der Waals surface area (Å²) in [6.07, 6.45) is 0. The summed E-state index contributed by atoms with van der Waals surface area (Å²) in [7, 11) is 3.38. The van der Waals surface area contributed by atoms with Gasteiger partial charge < -0.3 is 14.4 Å². The Balaban J connectivity index is 2.13. The van der Waals surface area contributed by atoms with E-state index in [2.05, 4.69) is 11.0 Å². The highest BCUT2D eigenvalue weighted by Gasteiger charge is 2.09. The Morgan fingerprint density at radius 1 is 0.920 bits per heavy atom. The van der Waals surface area contributed by atoms with E-state index in [1.165, 1.54) is 0 Å². The van der Waals surface area contributed by atoms with E-state index in [-0.39, 0.29) is 0 Å². The number of nitriles is 1. The van der Waals surface area contributed by atoms with Gasteiger partial charge >= 0.3 is 0 Å². The molecule has 0 atom stereocenters. The van der Waals surface area contributed by atoms with E-state index in [4.69, 9.17) is 20.1 Å². The lowest BCUT2D eigenvalue weighted by molar-refractivity contribution is 0.190. The molecule has 0 unspecified atom stereocenters. The molecule has 0 amide bonds. The standard InChI is InChI=1S/C20H23N3O2/c1-24-13-11-23(12-14-25-2)19-9-7-18(8-10-19)20(22)17-5-3-16(15-21)4-6-17/h3-10,22H,11-14H2,1-2H3. The average molecular weight is 337 g/mol. The van der Waals surface area contributed by atoms with Crippen LogP contribution in [-0.2, 0) is 9.47 Å². The molecule has 0 radical (unpaired) electrons. The Morgan fingerprint density at radius 3 is 1.84 bits per heavy atom. The molecule has 0 fully saturated rings. The number of methoxy groups -OCH3 is 2. The minimum absolute atomic E-state index is 0.441. The summed E-state index contributed by atoms with van der Waals surface area (Å²) < 4.78 is 10.3. The van der Waals surface area contributed by atoms with Crippen LogP contribution >= 0.6 is 0 Å². The molecule has 2 aromatic carbocycles. The zero-order valence-electron chi connectivity index (χ0n) is 14.7. The number of ether oxygens (including phenoxy) is 2. The van der Waals surface area contributed by atoms with E-state index in [1.807, 2.05) is 24.3 Å². The maximum Gasteiger partial charge on any atom is 0.0991 e. The van der Waals surface area contributed by atoms with Gasteiger partial charge in [0.25, 0.3) is 0 Å². The number of anilines is 1. The molecule has 25 heavy (non-hydrogen) atoms. The van der Waals surface area contributed by atoms with E-state index in [0.717, 1.165) is 29.9 Å². The lowest BCUT2D eigenvalue weighted by atomic mass is 10.0. The van der Waals surface area contributed by atoms with Crippen LogP contribution in [-0.4, -0.2) is 46.2 Å². The Morgan fingerprint density at radius 2 is 1.40 bits per heavy atom. The summed E-state index contributed by atoms with van der Waals surface area (Å²) in [6.45, 7) is 2.86. The van der Waals surface area contributed by atoms with Crippen LogP contribution in [0.5, 0.6) is 0 Å². The molecule has 0 bridgehead atoms. The molecule has 0 aliphatic rings. The lowest BCUT2D eigenvalue weighted by Gasteiger charge is -2.24. The van der Waals surface area contributed by atoms with Crippen LogP contribution in [0, 0.1) is 16.7 Å². The highest BCUT2D eigenvalue weighted by atomic mass is 16.5. The fourth-order valence-corrected chi connectivity index (χ4v) is 2.49. The summed E-state index contributed by atoms with van der Waals surface area (Å²) in [4.78, 5) is 2.20. The van der Waals surface area contributed by atoms with Gasteiger partial charge in [-0.2, -0.15) is 5.26 Å². The molecular weight excluding hydrogens is 314 g/mol. The quantitative estimate of drug-likeness (QED) is 0.714. The largest absolute Gasteiger partial charge is 0.383 e. The van der Waals surface area contributed by atoms with Crippen molar-refractivity contribution in [1.29, 1.82) is 10.7 Å². The van der Waals surface area contributed by atoms with Crippen molar-refractivity contribution in [2.45, 2.75) is 0 Å². The topological polar surface area (TPSA) is 69.3 Å². The predicted octanol–water partition coefficient (Wildman–Crippen LogP) is 3.07. The molecule has 0 saturated carbocycles. The third-order valence-corrected chi connectivity index (χ3v) is 3.95. The molecule has 2 aromatic rings. The van der Waals surface area contributed by atoms with Crippen LogP contribution in [0.1, 0.15) is 16.7 Å². The normalized spacial score (nSPS) is 10.3. The lowest BCUT2D eigenvalue weighted by Crippen LogP contribution is -2.30. The maximum absolute atomic E-state index is 8.86. The van der Waals surface area contributed by atoms with Crippen molar-refractivity contribution < 1.29 is 9.47 Å². The third kappa shape index (κ3) is 5.15. The zero-order valence-corrected chi connectivity index (χ0v) is 14.7. The first-order chi connectivity index (χ1) is 12.2. The van der Waals surface area contributed by atoms with Gasteiger partial charge in [-0.25, -0.2) is 0 Å². The van der Waals surface area contributed by atoms with Crippen molar-refractivity contribution in [3.63, 3.8) is 0 Å². The van der Waals surface area contributed by atoms with Gasteiger partial charge in [0.1, 0.15) is 0 Å². The van der Waals surface area contributed by atoms with E-state index in [1.54, 1.807) is 38.5 Å². The van der Waals surface area contributed by atoms with Crippen LogP contribution in [0.15, 0.2) is 48.5 Å². The second-order valence-corrected chi connectivity index (χ2v) is 5.58. The first-order valence-corrected chi connectivity index (χ1v) is 8.12. The molecule has 0 heterocycles. The highest BCUT2D eigenvalue weighted by molar-refractivity contribution is 6.11. The van der Waals surface area contributed by atoms with Crippen molar-refractivity contribution in [2.24, 2.45) is 0 Å². The van der Waals surface area contributed by atoms with Crippen molar-refractivity contribution in [3.05, 3.63) is 65.2 Å². The van der Waals surface area contributed by atoms with Gasteiger partial charge in [-0.3, -0.25) is 5.41 Å². The van der Waals surface area contributed by atoms with Crippen LogP contribution in [0.3, 0.4) is 0 Å². The second kappa shape index (κ2) is 9.58. The Bertz CT molecular complexity index is 710. The monoisotopic (exact) mass is 337 g/mol. The van der Waals surface area contributed by atoms with Crippen molar-refractivity contribution in [1.82, 2.24) is 0 Å². The number of rotatable bonds is 9. The Hall–Kier alpha value is -2.68. The SMILES string of the molecule is COCCN(CCOC)c1ccc(C(=N)c2ccc(C#N)cc2)cc1. The number of hydrogen-bond donors (Lipinski definition) is 1. The third-order valence-electron chi connectivity index (χ3n) is 3.95. The van der Waals surface area contributed by atoms with Gasteiger partial charge in [-0.1, -0.05) is 24.3 Å². The predicted molar refractivity (Wildman–Crippen MR) is 99.5 cm³/mol. The first kappa shape index (κ1) is 18.7. The molecule has 0 aromatic heterocycles. The molecule has 0 saturated heterocycles. The molecular formula is C20H23N3O2. The summed E-state index contributed by atoms with van der Waals surface area (Å²) in [5.74, 6) is 0. The van der Waals surface area contributed by atoms with E-state index >= 15 is 0 Å². The zero-order chi connectivity index (χ0) is 18.1. The minimum Gasteiger partial charge on any atom is -0.383 e. The molecule has 1 N–H and O–H groups in total. The van der Waals surface area contributed by atoms with Crippen molar-refractivity contribution in [2.75, 3.05) is 45.4 Å².